The molecule has 0 amide bonds. The number of thiocarbonyl (C=S) groups is 1. The molecule has 0 spiro atoms. The second kappa shape index (κ2) is 5.40. The Labute approximate surface area is 118 Å². The number of hydrogen-bond donors (Lipinski definition) is 1. The maximum atomic E-state index is 11.4. The van der Waals surface area contributed by atoms with Gasteiger partial charge in [-0.1, -0.05) is 12.2 Å². The quantitative estimate of drug-likeness (QED) is 0.779. The number of anilines is 1. The third-order valence-electron chi connectivity index (χ3n) is 3.07. The Morgan fingerprint density at radius 2 is 1.95 bits per heavy atom. The molecule has 1 fully saturated rings. The number of nitrogens with two attached hydrogens (primary N) is 1. The Bertz CT molecular complexity index is 563. The highest BCUT2D eigenvalue weighted by Gasteiger charge is 2.23. The van der Waals surface area contributed by atoms with Gasteiger partial charge in [-0.3, -0.25) is 4.98 Å². The summed E-state index contributed by atoms with van der Waals surface area (Å²) in [5.41, 5.74) is 7.03. The van der Waals surface area contributed by atoms with Crippen LogP contribution in [0.1, 0.15) is 5.69 Å². The van der Waals surface area contributed by atoms with Crippen LogP contribution >= 0.6 is 12.2 Å². The zero-order valence-electron chi connectivity index (χ0n) is 10.6. The summed E-state index contributed by atoms with van der Waals surface area (Å²) in [7, 11) is -3.09. The monoisotopic (exact) mass is 300 g/mol. The lowest BCUT2D eigenvalue weighted by atomic mass is 10.3. The molecule has 104 valence electrons. The van der Waals surface area contributed by atoms with Gasteiger partial charge in [0.2, 0.25) is 10.0 Å². The first-order chi connectivity index (χ1) is 8.88. The van der Waals surface area contributed by atoms with Gasteiger partial charge in [0.1, 0.15) is 4.99 Å². The van der Waals surface area contributed by atoms with Gasteiger partial charge in [-0.25, -0.2) is 8.42 Å². The molecule has 1 aromatic heterocycles. The fourth-order valence-corrected chi connectivity index (χ4v) is 2.94. The lowest BCUT2D eigenvalue weighted by Gasteiger charge is -2.34. The van der Waals surface area contributed by atoms with Crippen LogP contribution < -0.4 is 10.6 Å². The summed E-state index contributed by atoms with van der Waals surface area (Å²) in [5.74, 6) is 0. The lowest BCUT2D eigenvalue weighted by Crippen LogP contribution is -2.48. The summed E-state index contributed by atoms with van der Waals surface area (Å²) in [6.07, 6.45) is 2.95. The van der Waals surface area contributed by atoms with Gasteiger partial charge in [0.05, 0.1) is 23.8 Å². The minimum absolute atomic E-state index is 0.272. The molecule has 1 saturated heterocycles. The molecule has 19 heavy (non-hydrogen) atoms. The maximum Gasteiger partial charge on any atom is 0.211 e. The largest absolute Gasteiger partial charge is 0.388 e. The summed E-state index contributed by atoms with van der Waals surface area (Å²) in [5, 5.41) is 0. The van der Waals surface area contributed by atoms with Gasteiger partial charge >= 0.3 is 0 Å². The van der Waals surface area contributed by atoms with E-state index < -0.39 is 10.0 Å². The summed E-state index contributed by atoms with van der Waals surface area (Å²) >= 11 is 4.85. The number of sulfonamides is 1. The predicted molar refractivity (Wildman–Crippen MR) is 78.8 cm³/mol. The molecule has 1 aliphatic rings. The summed E-state index contributed by atoms with van der Waals surface area (Å²) in [6, 6.07) is 3.68. The Balaban J connectivity index is 2.03. The van der Waals surface area contributed by atoms with E-state index in [0.29, 0.717) is 31.9 Å². The molecule has 0 bridgehead atoms. The highest BCUT2D eigenvalue weighted by atomic mass is 32.2. The first-order valence-corrected chi connectivity index (χ1v) is 8.09. The van der Waals surface area contributed by atoms with Crippen LogP contribution in [0, 0.1) is 0 Å². The van der Waals surface area contributed by atoms with Gasteiger partial charge in [-0.15, -0.1) is 0 Å². The minimum Gasteiger partial charge on any atom is -0.388 e. The van der Waals surface area contributed by atoms with Gasteiger partial charge in [0.25, 0.3) is 0 Å². The SMILES string of the molecule is CS(=O)(=O)N1CCN(c2ccc(C(N)=S)nc2)CC1. The molecule has 2 heterocycles. The molecule has 0 aromatic carbocycles. The first kappa shape index (κ1) is 14.2. The van der Waals surface area contributed by atoms with Crippen molar-refractivity contribution >= 4 is 32.9 Å². The van der Waals surface area contributed by atoms with Crippen LogP contribution in [0.4, 0.5) is 5.69 Å². The topological polar surface area (TPSA) is 79.5 Å². The van der Waals surface area contributed by atoms with E-state index in [9.17, 15) is 8.42 Å². The third kappa shape index (κ3) is 3.40. The van der Waals surface area contributed by atoms with E-state index in [2.05, 4.69) is 9.88 Å². The van der Waals surface area contributed by atoms with Crippen molar-refractivity contribution in [2.75, 3.05) is 37.3 Å². The molecule has 0 atom stereocenters. The van der Waals surface area contributed by atoms with E-state index in [-0.39, 0.29) is 4.99 Å². The number of pyridine rings is 1. The summed E-state index contributed by atoms with van der Waals surface area (Å²) in [6.45, 7) is 2.30. The van der Waals surface area contributed by atoms with Crippen molar-refractivity contribution in [2.24, 2.45) is 5.73 Å². The Morgan fingerprint density at radius 3 is 2.37 bits per heavy atom. The van der Waals surface area contributed by atoms with Crippen molar-refractivity contribution in [2.45, 2.75) is 0 Å². The zero-order valence-corrected chi connectivity index (χ0v) is 12.2. The predicted octanol–water partition coefficient (Wildman–Crippen LogP) is -0.203. The van der Waals surface area contributed by atoms with Crippen LogP contribution in [-0.2, 0) is 10.0 Å². The van der Waals surface area contributed by atoms with Crippen LogP contribution in [0.2, 0.25) is 0 Å². The number of piperazine rings is 1. The summed E-state index contributed by atoms with van der Waals surface area (Å²) < 4.78 is 24.3. The van der Waals surface area contributed by atoms with Crippen LogP contribution in [0.3, 0.4) is 0 Å². The minimum atomic E-state index is -3.09. The second-order valence-corrected chi connectivity index (χ2v) is 6.84. The van der Waals surface area contributed by atoms with Crippen LogP contribution in [-0.4, -0.2) is 55.1 Å². The van der Waals surface area contributed by atoms with Crippen LogP contribution in [0.25, 0.3) is 0 Å². The number of nitrogens with zero attached hydrogens (tertiary/aromatic N) is 3. The van der Waals surface area contributed by atoms with Crippen molar-refractivity contribution < 1.29 is 8.42 Å². The second-order valence-electron chi connectivity index (χ2n) is 4.41. The van der Waals surface area contributed by atoms with E-state index in [1.807, 2.05) is 6.07 Å². The molecular formula is C11H16N4O2S2. The molecule has 6 nitrogen and oxygen atoms in total. The highest BCUT2D eigenvalue weighted by molar-refractivity contribution is 7.88. The van der Waals surface area contributed by atoms with Crippen molar-refractivity contribution in [3.05, 3.63) is 24.0 Å². The average molecular weight is 300 g/mol. The van der Waals surface area contributed by atoms with Gasteiger partial charge < -0.3 is 10.6 Å². The van der Waals surface area contributed by atoms with E-state index in [4.69, 9.17) is 18.0 Å². The van der Waals surface area contributed by atoms with E-state index >= 15 is 0 Å². The molecular weight excluding hydrogens is 284 g/mol. The molecule has 2 rings (SSSR count). The van der Waals surface area contributed by atoms with Crippen molar-refractivity contribution in [1.29, 1.82) is 0 Å². The smallest absolute Gasteiger partial charge is 0.211 e. The molecule has 0 aliphatic carbocycles. The van der Waals surface area contributed by atoms with E-state index in [0.717, 1.165) is 5.69 Å². The molecule has 0 radical (unpaired) electrons. The Hall–Kier alpha value is -1.25. The fourth-order valence-electron chi connectivity index (χ4n) is 2.00. The molecule has 1 aliphatic heterocycles. The molecule has 1 aromatic rings. The van der Waals surface area contributed by atoms with Gasteiger partial charge in [-0.2, -0.15) is 4.31 Å². The highest BCUT2D eigenvalue weighted by Crippen LogP contribution is 2.16. The summed E-state index contributed by atoms with van der Waals surface area (Å²) in [4.78, 5) is 6.55. The Morgan fingerprint density at radius 1 is 1.32 bits per heavy atom. The van der Waals surface area contributed by atoms with Crippen LogP contribution in [0.5, 0.6) is 0 Å². The normalized spacial score (nSPS) is 17.4. The molecule has 2 N–H and O–H groups in total. The molecule has 8 heteroatoms. The zero-order chi connectivity index (χ0) is 14.0. The number of rotatable bonds is 3. The van der Waals surface area contributed by atoms with Crippen molar-refractivity contribution in [3.8, 4) is 0 Å². The third-order valence-corrected chi connectivity index (χ3v) is 4.59. The molecule has 0 saturated carbocycles. The standard InChI is InChI=1S/C11H16N4O2S2/c1-19(16,17)15-6-4-14(5-7-15)9-2-3-10(11(12)18)13-8-9/h2-3,8H,4-7H2,1H3,(H2,12,18). The van der Waals surface area contributed by atoms with E-state index in [1.165, 1.54) is 10.6 Å². The number of aromatic nitrogens is 1. The van der Waals surface area contributed by atoms with E-state index in [1.54, 1.807) is 12.3 Å². The lowest BCUT2D eigenvalue weighted by molar-refractivity contribution is 0.388. The fraction of sp³-hybridized carbons (Fsp3) is 0.455. The van der Waals surface area contributed by atoms with Crippen LogP contribution in [0.15, 0.2) is 18.3 Å². The van der Waals surface area contributed by atoms with Crippen molar-refractivity contribution in [3.63, 3.8) is 0 Å². The number of hydrogen-bond acceptors (Lipinski definition) is 5. The average Bonchev–Trinajstić information content (AvgIpc) is 2.38. The van der Waals surface area contributed by atoms with Gasteiger partial charge in [-0.05, 0) is 12.1 Å². The van der Waals surface area contributed by atoms with Gasteiger partial charge in [0.15, 0.2) is 0 Å². The van der Waals surface area contributed by atoms with Crippen molar-refractivity contribution in [1.82, 2.24) is 9.29 Å². The Kier molecular flexibility index (Phi) is 4.02. The first-order valence-electron chi connectivity index (χ1n) is 5.84. The van der Waals surface area contributed by atoms with Gasteiger partial charge in [0, 0.05) is 26.2 Å². The molecule has 0 unspecified atom stereocenters. The maximum absolute atomic E-state index is 11.4.